The van der Waals surface area contributed by atoms with Crippen molar-refractivity contribution in [3.63, 3.8) is 0 Å². The van der Waals surface area contributed by atoms with Gasteiger partial charge in [0.25, 0.3) is 0 Å². The summed E-state index contributed by atoms with van der Waals surface area (Å²) < 4.78 is 10.6. The largest absolute Gasteiger partial charge is 0.496 e. The summed E-state index contributed by atoms with van der Waals surface area (Å²) in [5.74, 6) is 2.99. The monoisotopic (exact) mass is 287 g/mol. The van der Waals surface area contributed by atoms with E-state index in [1.54, 1.807) is 7.11 Å². The van der Waals surface area contributed by atoms with Crippen LogP contribution in [0.4, 0.5) is 0 Å². The highest BCUT2D eigenvalue weighted by Gasteiger charge is 2.16. The predicted octanol–water partition coefficient (Wildman–Crippen LogP) is 2.60. The van der Waals surface area contributed by atoms with E-state index in [4.69, 9.17) is 9.26 Å². The lowest BCUT2D eigenvalue weighted by molar-refractivity contribution is 0.365. The first-order valence-corrected chi connectivity index (χ1v) is 7.44. The summed E-state index contributed by atoms with van der Waals surface area (Å²) in [6, 6.07) is 5.92. The molecule has 0 aliphatic carbocycles. The Hall–Kier alpha value is -1.88. The number of rotatable bonds is 5. The van der Waals surface area contributed by atoms with Crippen molar-refractivity contribution in [1.82, 2.24) is 15.5 Å². The Morgan fingerprint density at radius 1 is 1.43 bits per heavy atom. The number of nitrogens with one attached hydrogen (secondary N) is 1. The minimum atomic E-state index is 0.653. The molecule has 2 aromatic rings. The molecule has 1 unspecified atom stereocenters. The Morgan fingerprint density at radius 3 is 3.05 bits per heavy atom. The van der Waals surface area contributed by atoms with Crippen LogP contribution in [-0.2, 0) is 6.42 Å². The van der Waals surface area contributed by atoms with Crippen LogP contribution in [0.25, 0.3) is 11.4 Å². The Labute approximate surface area is 124 Å². The zero-order valence-corrected chi connectivity index (χ0v) is 12.6. The van der Waals surface area contributed by atoms with E-state index in [0.717, 1.165) is 54.6 Å². The van der Waals surface area contributed by atoms with E-state index in [1.165, 1.54) is 6.42 Å². The van der Waals surface area contributed by atoms with Gasteiger partial charge in [-0.1, -0.05) is 5.16 Å². The van der Waals surface area contributed by atoms with Crippen LogP contribution in [0, 0.1) is 12.8 Å². The van der Waals surface area contributed by atoms with Crippen LogP contribution in [0.15, 0.2) is 22.7 Å². The molecule has 1 atom stereocenters. The minimum Gasteiger partial charge on any atom is -0.496 e. The summed E-state index contributed by atoms with van der Waals surface area (Å²) in [6.45, 7) is 4.25. The molecular weight excluding hydrogens is 266 g/mol. The highest BCUT2D eigenvalue weighted by atomic mass is 16.5. The van der Waals surface area contributed by atoms with Crippen LogP contribution in [0.3, 0.4) is 0 Å². The van der Waals surface area contributed by atoms with Gasteiger partial charge in [0, 0.05) is 12.0 Å². The summed E-state index contributed by atoms with van der Waals surface area (Å²) in [5, 5.41) is 7.46. The summed E-state index contributed by atoms with van der Waals surface area (Å²) >= 11 is 0. The van der Waals surface area contributed by atoms with E-state index in [9.17, 15) is 0 Å². The van der Waals surface area contributed by atoms with Crippen molar-refractivity contribution < 1.29 is 9.26 Å². The minimum absolute atomic E-state index is 0.653. The lowest BCUT2D eigenvalue weighted by atomic mass is 10.0. The second kappa shape index (κ2) is 6.26. The maximum Gasteiger partial charge on any atom is 0.226 e. The lowest BCUT2D eigenvalue weighted by Gasteiger charge is -2.05. The van der Waals surface area contributed by atoms with Crippen LogP contribution in [0.5, 0.6) is 5.75 Å². The van der Waals surface area contributed by atoms with Gasteiger partial charge in [-0.25, -0.2) is 0 Å². The predicted molar refractivity (Wildman–Crippen MR) is 80.3 cm³/mol. The highest BCUT2D eigenvalue weighted by molar-refractivity contribution is 5.58. The molecule has 112 valence electrons. The standard InChI is InChI=1S/C16H21N3O2/c1-11-9-13(4-5-14(11)20-2)16-18-15(21-19-16)6-3-12-7-8-17-10-12/h4-5,9,12,17H,3,6-8,10H2,1-2H3. The molecule has 0 bridgehead atoms. The van der Waals surface area contributed by atoms with E-state index in [0.29, 0.717) is 5.82 Å². The maximum absolute atomic E-state index is 5.36. The molecule has 2 heterocycles. The van der Waals surface area contributed by atoms with Crippen LogP contribution >= 0.6 is 0 Å². The molecule has 1 N–H and O–H groups in total. The summed E-state index contributed by atoms with van der Waals surface area (Å²) in [6.07, 6.45) is 3.21. The van der Waals surface area contributed by atoms with E-state index in [2.05, 4.69) is 15.5 Å². The van der Waals surface area contributed by atoms with Crippen LogP contribution < -0.4 is 10.1 Å². The van der Waals surface area contributed by atoms with Gasteiger partial charge in [-0.05, 0) is 62.5 Å². The van der Waals surface area contributed by atoms with Crippen LogP contribution in [0.2, 0.25) is 0 Å². The van der Waals surface area contributed by atoms with E-state index in [1.807, 2.05) is 25.1 Å². The second-order valence-electron chi connectivity index (χ2n) is 5.59. The van der Waals surface area contributed by atoms with Gasteiger partial charge < -0.3 is 14.6 Å². The van der Waals surface area contributed by atoms with Gasteiger partial charge >= 0.3 is 0 Å². The molecule has 1 saturated heterocycles. The van der Waals surface area contributed by atoms with Crippen molar-refractivity contribution in [2.75, 3.05) is 20.2 Å². The number of hydrogen-bond acceptors (Lipinski definition) is 5. The molecule has 0 spiro atoms. The molecule has 1 fully saturated rings. The van der Waals surface area contributed by atoms with Crippen molar-refractivity contribution in [3.8, 4) is 17.1 Å². The van der Waals surface area contributed by atoms with E-state index in [-0.39, 0.29) is 0 Å². The van der Waals surface area contributed by atoms with Gasteiger partial charge in [0.15, 0.2) is 0 Å². The summed E-state index contributed by atoms with van der Waals surface area (Å²) in [5.41, 5.74) is 2.03. The number of aromatic nitrogens is 2. The molecule has 0 amide bonds. The number of nitrogens with zero attached hydrogens (tertiary/aromatic N) is 2. The number of ether oxygens (including phenoxy) is 1. The normalized spacial score (nSPS) is 18.1. The number of hydrogen-bond donors (Lipinski definition) is 1. The molecular formula is C16H21N3O2. The quantitative estimate of drug-likeness (QED) is 0.916. The maximum atomic E-state index is 5.36. The molecule has 5 heteroatoms. The van der Waals surface area contributed by atoms with E-state index >= 15 is 0 Å². The molecule has 5 nitrogen and oxygen atoms in total. The topological polar surface area (TPSA) is 60.2 Å². The molecule has 0 saturated carbocycles. The van der Waals surface area contributed by atoms with Gasteiger partial charge in [-0.3, -0.25) is 0 Å². The Balaban J connectivity index is 1.67. The third-order valence-corrected chi connectivity index (χ3v) is 4.05. The SMILES string of the molecule is COc1ccc(-c2noc(CCC3CCNC3)n2)cc1C. The molecule has 1 aliphatic rings. The van der Waals surface area contributed by atoms with Crippen molar-refractivity contribution in [1.29, 1.82) is 0 Å². The Kier molecular flexibility index (Phi) is 4.20. The molecule has 0 radical (unpaired) electrons. The first kappa shape index (κ1) is 14.1. The Bertz CT molecular complexity index is 603. The average molecular weight is 287 g/mol. The fraction of sp³-hybridized carbons (Fsp3) is 0.500. The second-order valence-corrected chi connectivity index (χ2v) is 5.59. The van der Waals surface area contributed by atoms with Crippen molar-refractivity contribution in [2.45, 2.75) is 26.2 Å². The first-order chi connectivity index (χ1) is 10.3. The highest BCUT2D eigenvalue weighted by Crippen LogP contribution is 2.24. The average Bonchev–Trinajstić information content (AvgIpc) is 3.16. The smallest absolute Gasteiger partial charge is 0.226 e. The molecule has 21 heavy (non-hydrogen) atoms. The van der Waals surface area contributed by atoms with Crippen molar-refractivity contribution >= 4 is 0 Å². The summed E-state index contributed by atoms with van der Waals surface area (Å²) in [4.78, 5) is 4.50. The fourth-order valence-electron chi connectivity index (χ4n) is 2.78. The van der Waals surface area contributed by atoms with Gasteiger partial charge in [0.1, 0.15) is 5.75 Å². The third-order valence-electron chi connectivity index (χ3n) is 4.05. The van der Waals surface area contributed by atoms with Gasteiger partial charge in [-0.15, -0.1) is 0 Å². The number of aryl methyl sites for hydroxylation is 2. The number of benzene rings is 1. The molecule has 1 aromatic carbocycles. The molecule has 1 aromatic heterocycles. The van der Waals surface area contributed by atoms with Crippen LogP contribution in [-0.4, -0.2) is 30.3 Å². The third kappa shape index (κ3) is 3.24. The Morgan fingerprint density at radius 2 is 2.33 bits per heavy atom. The van der Waals surface area contributed by atoms with Crippen molar-refractivity contribution in [3.05, 3.63) is 29.7 Å². The van der Waals surface area contributed by atoms with Crippen LogP contribution in [0.1, 0.15) is 24.3 Å². The van der Waals surface area contributed by atoms with Gasteiger partial charge in [0.2, 0.25) is 11.7 Å². The lowest BCUT2D eigenvalue weighted by Crippen LogP contribution is -2.09. The van der Waals surface area contributed by atoms with Gasteiger partial charge in [-0.2, -0.15) is 4.98 Å². The van der Waals surface area contributed by atoms with Gasteiger partial charge in [0.05, 0.1) is 7.11 Å². The summed E-state index contributed by atoms with van der Waals surface area (Å²) in [7, 11) is 1.67. The molecule has 1 aliphatic heterocycles. The molecule has 3 rings (SSSR count). The number of methoxy groups -OCH3 is 1. The first-order valence-electron chi connectivity index (χ1n) is 7.44. The fourth-order valence-corrected chi connectivity index (χ4v) is 2.78. The van der Waals surface area contributed by atoms with Crippen molar-refractivity contribution in [2.24, 2.45) is 5.92 Å². The zero-order chi connectivity index (χ0) is 14.7. The zero-order valence-electron chi connectivity index (χ0n) is 12.6. The van der Waals surface area contributed by atoms with E-state index < -0.39 is 0 Å².